The number of nitrogens with one attached hydrogen (secondary N) is 1. The molecule has 1 saturated heterocycles. The van der Waals surface area contributed by atoms with Crippen LogP contribution in [0.4, 0.5) is 0 Å². The summed E-state index contributed by atoms with van der Waals surface area (Å²) in [5.41, 5.74) is 0.217. The molecule has 0 spiro atoms. The number of ether oxygens (including phenoxy) is 1. The van der Waals surface area contributed by atoms with Crippen LogP contribution in [0.1, 0.15) is 33.6 Å². The first-order chi connectivity index (χ1) is 7.53. The molecule has 0 radical (unpaired) electrons. The van der Waals surface area contributed by atoms with Crippen LogP contribution >= 0.6 is 0 Å². The zero-order valence-corrected chi connectivity index (χ0v) is 11.4. The summed E-state index contributed by atoms with van der Waals surface area (Å²) >= 11 is 0. The Kier molecular flexibility index (Phi) is 5.73. The Hall–Kier alpha value is -0.120. The molecule has 0 aliphatic carbocycles. The largest absolute Gasteiger partial charge is 0.381 e. The molecule has 1 N–H and O–H groups in total. The molecule has 0 aromatic heterocycles. The number of likely N-dealkylation sites (N-methyl/N-ethyl adjacent to an activating group) is 2. The minimum atomic E-state index is 0.217. The molecule has 0 aromatic rings. The average molecular weight is 228 g/mol. The zero-order chi connectivity index (χ0) is 12.0. The van der Waals surface area contributed by atoms with Gasteiger partial charge in [0.15, 0.2) is 0 Å². The van der Waals surface area contributed by atoms with E-state index in [1.807, 2.05) is 0 Å². The summed E-state index contributed by atoms with van der Waals surface area (Å²) in [6.07, 6.45) is 2.46. The zero-order valence-electron chi connectivity index (χ0n) is 11.4. The second-order valence-electron chi connectivity index (χ2n) is 5.67. The Labute approximate surface area is 101 Å². The molecule has 1 aliphatic heterocycles. The third-order valence-corrected chi connectivity index (χ3v) is 3.23. The third kappa shape index (κ3) is 5.28. The van der Waals surface area contributed by atoms with Gasteiger partial charge in [-0.1, -0.05) is 6.92 Å². The number of hydrogen-bond acceptors (Lipinski definition) is 3. The predicted octanol–water partition coefficient (Wildman–Crippen LogP) is 1.73. The molecular formula is C13H28N2O. The lowest BCUT2D eigenvalue weighted by Gasteiger charge is -2.34. The highest BCUT2D eigenvalue weighted by Crippen LogP contribution is 2.16. The van der Waals surface area contributed by atoms with Crippen LogP contribution in [0.5, 0.6) is 0 Å². The van der Waals surface area contributed by atoms with Crippen molar-refractivity contribution < 1.29 is 4.74 Å². The molecule has 0 saturated carbocycles. The second-order valence-corrected chi connectivity index (χ2v) is 5.67. The van der Waals surface area contributed by atoms with Crippen molar-refractivity contribution in [3.8, 4) is 0 Å². The summed E-state index contributed by atoms with van der Waals surface area (Å²) in [4.78, 5) is 2.46. The normalized spacial score (nSPS) is 19.3. The summed E-state index contributed by atoms with van der Waals surface area (Å²) < 4.78 is 5.39. The van der Waals surface area contributed by atoms with E-state index in [1.54, 1.807) is 0 Å². The van der Waals surface area contributed by atoms with Gasteiger partial charge >= 0.3 is 0 Å². The first-order valence-electron chi connectivity index (χ1n) is 6.55. The first kappa shape index (κ1) is 13.9. The third-order valence-electron chi connectivity index (χ3n) is 3.23. The van der Waals surface area contributed by atoms with Gasteiger partial charge in [-0.3, -0.25) is 0 Å². The molecule has 1 fully saturated rings. The number of nitrogens with zero attached hydrogens (tertiary/aromatic N) is 1. The van der Waals surface area contributed by atoms with Crippen molar-refractivity contribution in [3.63, 3.8) is 0 Å². The molecule has 0 aromatic carbocycles. The van der Waals surface area contributed by atoms with E-state index in [0.717, 1.165) is 32.2 Å². The molecule has 1 rings (SSSR count). The highest BCUT2D eigenvalue weighted by molar-refractivity contribution is 4.81. The van der Waals surface area contributed by atoms with Gasteiger partial charge in [-0.15, -0.1) is 0 Å². The van der Waals surface area contributed by atoms with Crippen LogP contribution < -0.4 is 5.32 Å². The van der Waals surface area contributed by atoms with Crippen LogP contribution in [-0.4, -0.2) is 50.3 Å². The van der Waals surface area contributed by atoms with Gasteiger partial charge in [0, 0.05) is 31.8 Å². The van der Waals surface area contributed by atoms with E-state index in [1.165, 1.54) is 19.4 Å². The minimum absolute atomic E-state index is 0.217. The quantitative estimate of drug-likeness (QED) is 0.749. The average Bonchev–Trinajstić information content (AvgIpc) is 2.17. The maximum atomic E-state index is 5.39. The number of hydrogen-bond donors (Lipinski definition) is 1. The van der Waals surface area contributed by atoms with Crippen molar-refractivity contribution >= 4 is 0 Å². The van der Waals surface area contributed by atoms with Crippen molar-refractivity contribution in [3.05, 3.63) is 0 Å². The lowest BCUT2D eigenvalue weighted by Crippen LogP contribution is -2.49. The standard InChI is InChI=1S/C13H28N2O/c1-5-14-13(2,3)11-15(4)10-12-6-8-16-9-7-12/h12,14H,5-11H2,1-4H3. The van der Waals surface area contributed by atoms with E-state index in [2.05, 4.69) is 38.0 Å². The second kappa shape index (κ2) is 6.58. The van der Waals surface area contributed by atoms with Crippen molar-refractivity contribution in [2.24, 2.45) is 5.92 Å². The SMILES string of the molecule is CCNC(C)(C)CN(C)CC1CCOCC1. The molecular weight excluding hydrogens is 200 g/mol. The first-order valence-corrected chi connectivity index (χ1v) is 6.55. The van der Waals surface area contributed by atoms with Gasteiger partial charge in [-0.05, 0) is 46.2 Å². The molecule has 96 valence electrons. The molecule has 1 heterocycles. The van der Waals surface area contributed by atoms with Crippen LogP contribution in [0.15, 0.2) is 0 Å². The minimum Gasteiger partial charge on any atom is -0.381 e. The molecule has 16 heavy (non-hydrogen) atoms. The molecule has 0 unspecified atom stereocenters. The summed E-state index contributed by atoms with van der Waals surface area (Å²) in [6.45, 7) is 12.0. The van der Waals surface area contributed by atoms with E-state index in [-0.39, 0.29) is 5.54 Å². The maximum Gasteiger partial charge on any atom is 0.0469 e. The van der Waals surface area contributed by atoms with Gasteiger partial charge in [0.05, 0.1) is 0 Å². The van der Waals surface area contributed by atoms with Gasteiger partial charge in [0.1, 0.15) is 0 Å². The highest BCUT2D eigenvalue weighted by atomic mass is 16.5. The van der Waals surface area contributed by atoms with Crippen molar-refractivity contribution in [2.75, 3.05) is 39.9 Å². The van der Waals surface area contributed by atoms with Crippen molar-refractivity contribution in [1.29, 1.82) is 0 Å². The Morgan fingerprint density at radius 2 is 1.94 bits per heavy atom. The van der Waals surface area contributed by atoms with Crippen LogP contribution in [0.3, 0.4) is 0 Å². The van der Waals surface area contributed by atoms with Crippen LogP contribution in [0.25, 0.3) is 0 Å². The summed E-state index contributed by atoms with van der Waals surface area (Å²) in [6, 6.07) is 0. The Morgan fingerprint density at radius 1 is 1.31 bits per heavy atom. The van der Waals surface area contributed by atoms with Crippen LogP contribution in [-0.2, 0) is 4.74 Å². The van der Waals surface area contributed by atoms with E-state index < -0.39 is 0 Å². The van der Waals surface area contributed by atoms with E-state index in [9.17, 15) is 0 Å². The Morgan fingerprint density at radius 3 is 2.50 bits per heavy atom. The Bertz CT molecular complexity index is 188. The van der Waals surface area contributed by atoms with Crippen molar-refractivity contribution in [1.82, 2.24) is 10.2 Å². The fourth-order valence-corrected chi connectivity index (χ4v) is 2.64. The predicted molar refractivity (Wildman–Crippen MR) is 68.8 cm³/mol. The lowest BCUT2D eigenvalue weighted by molar-refractivity contribution is 0.0530. The van der Waals surface area contributed by atoms with Crippen LogP contribution in [0, 0.1) is 5.92 Å². The maximum absolute atomic E-state index is 5.39. The smallest absolute Gasteiger partial charge is 0.0469 e. The van der Waals surface area contributed by atoms with Gasteiger partial charge < -0.3 is 15.0 Å². The molecule has 0 atom stereocenters. The fraction of sp³-hybridized carbons (Fsp3) is 1.00. The van der Waals surface area contributed by atoms with Gasteiger partial charge in [-0.2, -0.15) is 0 Å². The van der Waals surface area contributed by atoms with Gasteiger partial charge in [0.25, 0.3) is 0 Å². The summed E-state index contributed by atoms with van der Waals surface area (Å²) in [7, 11) is 2.23. The highest BCUT2D eigenvalue weighted by Gasteiger charge is 2.21. The molecule has 1 aliphatic rings. The Balaban J connectivity index is 2.25. The molecule has 0 bridgehead atoms. The van der Waals surface area contributed by atoms with E-state index >= 15 is 0 Å². The van der Waals surface area contributed by atoms with Crippen LogP contribution in [0.2, 0.25) is 0 Å². The summed E-state index contributed by atoms with van der Waals surface area (Å²) in [5, 5.41) is 3.52. The topological polar surface area (TPSA) is 24.5 Å². The lowest BCUT2D eigenvalue weighted by atomic mass is 9.98. The molecule has 0 amide bonds. The fourth-order valence-electron chi connectivity index (χ4n) is 2.64. The van der Waals surface area contributed by atoms with Crippen molar-refractivity contribution in [2.45, 2.75) is 39.2 Å². The number of rotatable bonds is 6. The van der Waals surface area contributed by atoms with E-state index in [4.69, 9.17) is 4.74 Å². The van der Waals surface area contributed by atoms with Gasteiger partial charge in [0.2, 0.25) is 0 Å². The van der Waals surface area contributed by atoms with Gasteiger partial charge in [-0.25, -0.2) is 0 Å². The summed E-state index contributed by atoms with van der Waals surface area (Å²) in [5.74, 6) is 0.830. The molecule has 3 nitrogen and oxygen atoms in total. The van der Waals surface area contributed by atoms with E-state index in [0.29, 0.717) is 0 Å². The monoisotopic (exact) mass is 228 g/mol. The molecule has 3 heteroatoms.